The molecule has 1 fully saturated rings. The normalized spacial score (nSPS) is 15.6. The lowest BCUT2D eigenvalue weighted by Crippen LogP contribution is -2.50. The monoisotopic (exact) mass is 340 g/mol. The number of carbonyl (C=O) groups excluding carboxylic acids is 2. The number of hydrogen-bond acceptors (Lipinski definition) is 3. The number of amides is 2. The van der Waals surface area contributed by atoms with Gasteiger partial charge in [0.25, 0.3) is 0 Å². The van der Waals surface area contributed by atoms with Crippen molar-refractivity contribution < 1.29 is 9.59 Å². The summed E-state index contributed by atoms with van der Waals surface area (Å²) in [6.07, 6.45) is 6.71. The van der Waals surface area contributed by atoms with Crippen LogP contribution in [0.5, 0.6) is 0 Å². The Labute approximate surface area is 147 Å². The molecule has 6 nitrogen and oxygen atoms in total. The third-order valence-electron chi connectivity index (χ3n) is 4.57. The summed E-state index contributed by atoms with van der Waals surface area (Å²) in [7, 11) is 0. The van der Waals surface area contributed by atoms with Gasteiger partial charge >= 0.3 is 0 Å². The van der Waals surface area contributed by atoms with Gasteiger partial charge in [-0.3, -0.25) is 9.59 Å². The molecule has 25 heavy (non-hydrogen) atoms. The Hall–Kier alpha value is -2.63. The molecule has 2 aromatic rings. The molecule has 3 rings (SSSR count). The molecule has 1 saturated heterocycles. The third-order valence-corrected chi connectivity index (χ3v) is 4.57. The molecule has 1 aromatic carbocycles. The molecule has 1 aliphatic rings. The molecule has 1 N–H and O–H groups in total. The van der Waals surface area contributed by atoms with Gasteiger partial charge in [0.15, 0.2) is 0 Å². The first-order chi connectivity index (χ1) is 12.1. The molecular weight excluding hydrogens is 316 g/mol. The summed E-state index contributed by atoms with van der Waals surface area (Å²) in [5.74, 6) is 0.0595. The van der Waals surface area contributed by atoms with E-state index in [1.807, 2.05) is 48.9 Å². The molecule has 1 unspecified atom stereocenters. The van der Waals surface area contributed by atoms with Crippen molar-refractivity contribution >= 4 is 11.8 Å². The van der Waals surface area contributed by atoms with Crippen molar-refractivity contribution in [3.63, 3.8) is 0 Å². The van der Waals surface area contributed by atoms with Gasteiger partial charge in [0.2, 0.25) is 11.8 Å². The first-order valence-electron chi connectivity index (χ1n) is 8.71. The van der Waals surface area contributed by atoms with Crippen molar-refractivity contribution in [2.45, 2.75) is 39.3 Å². The highest BCUT2D eigenvalue weighted by Gasteiger charge is 2.34. The first kappa shape index (κ1) is 17.2. The van der Waals surface area contributed by atoms with Gasteiger partial charge in [-0.15, -0.1) is 0 Å². The van der Waals surface area contributed by atoms with Gasteiger partial charge in [-0.25, -0.2) is 4.98 Å². The van der Waals surface area contributed by atoms with Crippen LogP contribution >= 0.6 is 0 Å². The number of benzene rings is 1. The number of imidazole rings is 1. The van der Waals surface area contributed by atoms with Crippen LogP contribution in [0.15, 0.2) is 43.0 Å². The minimum atomic E-state index is -0.407. The minimum absolute atomic E-state index is 0.0749. The summed E-state index contributed by atoms with van der Waals surface area (Å²) in [6.45, 7) is 5.05. The van der Waals surface area contributed by atoms with E-state index in [0.717, 1.165) is 17.7 Å². The van der Waals surface area contributed by atoms with Gasteiger partial charge in [-0.1, -0.05) is 32.0 Å². The van der Waals surface area contributed by atoms with Crippen LogP contribution < -0.4 is 5.32 Å². The smallest absolute Gasteiger partial charge is 0.243 e. The van der Waals surface area contributed by atoms with Crippen molar-refractivity contribution in [3.8, 4) is 5.69 Å². The van der Waals surface area contributed by atoms with E-state index in [1.54, 1.807) is 17.4 Å². The molecule has 2 heterocycles. The van der Waals surface area contributed by atoms with E-state index < -0.39 is 6.04 Å². The van der Waals surface area contributed by atoms with E-state index in [0.29, 0.717) is 19.5 Å². The van der Waals surface area contributed by atoms with Crippen LogP contribution in [-0.2, 0) is 16.1 Å². The van der Waals surface area contributed by atoms with Crippen molar-refractivity contribution in [3.05, 3.63) is 48.5 Å². The van der Waals surface area contributed by atoms with Crippen molar-refractivity contribution in [1.29, 1.82) is 0 Å². The number of likely N-dealkylation sites (tertiary alicyclic amines) is 1. The molecule has 0 saturated carbocycles. The molecule has 1 aliphatic heterocycles. The van der Waals surface area contributed by atoms with Crippen LogP contribution in [0.2, 0.25) is 0 Å². The van der Waals surface area contributed by atoms with Gasteiger partial charge in [-0.2, -0.15) is 0 Å². The van der Waals surface area contributed by atoms with E-state index in [1.165, 1.54) is 0 Å². The number of carbonyl (C=O) groups is 2. The van der Waals surface area contributed by atoms with E-state index in [-0.39, 0.29) is 17.7 Å². The molecule has 6 heteroatoms. The predicted molar refractivity (Wildman–Crippen MR) is 95.0 cm³/mol. The number of nitrogens with zero attached hydrogens (tertiary/aromatic N) is 3. The van der Waals surface area contributed by atoms with Gasteiger partial charge in [0.1, 0.15) is 6.04 Å². The molecule has 132 valence electrons. The Morgan fingerprint density at radius 1 is 1.32 bits per heavy atom. The quantitative estimate of drug-likeness (QED) is 0.876. The zero-order valence-electron chi connectivity index (χ0n) is 14.7. The molecular formula is C19H24N4O2. The highest BCUT2D eigenvalue weighted by Crippen LogP contribution is 2.20. The summed E-state index contributed by atoms with van der Waals surface area (Å²) >= 11 is 0. The Kier molecular flexibility index (Phi) is 5.16. The molecule has 0 spiro atoms. The fourth-order valence-electron chi connectivity index (χ4n) is 3.37. The molecule has 1 atom stereocenters. The second-order valence-corrected chi connectivity index (χ2v) is 6.70. The molecule has 0 aliphatic carbocycles. The third kappa shape index (κ3) is 3.73. The SMILES string of the molecule is CC(C)C(C(=O)NCc1ccccc1-n1ccnc1)N1CCCC1=O. The molecule has 2 amide bonds. The Balaban J connectivity index is 1.72. The van der Waals surface area contributed by atoms with E-state index in [2.05, 4.69) is 10.3 Å². The van der Waals surface area contributed by atoms with Crippen LogP contribution in [0.3, 0.4) is 0 Å². The number of rotatable bonds is 6. The maximum absolute atomic E-state index is 12.8. The standard InChI is InChI=1S/C19H24N4O2/c1-14(2)18(23-10-5-8-17(23)24)19(25)21-12-15-6-3-4-7-16(15)22-11-9-20-13-22/h3-4,6-7,9,11,13-14,18H,5,8,10,12H2,1-2H3,(H,21,25). The summed E-state index contributed by atoms with van der Waals surface area (Å²) in [4.78, 5) is 30.6. The predicted octanol–water partition coefficient (Wildman–Crippen LogP) is 2.14. The average molecular weight is 340 g/mol. The highest BCUT2D eigenvalue weighted by atomic mass is 16.2. The van der Waals surface area contributed by atoms with Gasteiger partial charge in [-0.05, 0) is 24.0 Å². The lowest BCUT2D eigenvalue weighted by Gasteiger charge is -2.30. The number of hydrogen-bond donors (Lipinski definition) is 1. The number of aromatic nitrogens is 2. The minimum Gasteiger partial charge on any atom is -0.350 e. The molecule has 1 aromatic heterocycles. The van der Waals surface area contributed by atoms with Crippen LogP contribution in [0, 0.1) is 5.92 Å². The van der Waals surface area contributed by atoms with Crippen molar-refractivity contribution in [2.75, 3.05) is 6.54 Å². The number of nitrogens with one attached hydrogen (secondary N) is 1. The van der Waals surface area contributed by atoms with Gasteiger partial charge < -0.3 is 14.8 Å². The Bertz CT molecular complexity index is 740. The van der Waals surface area contributed by atoms with Crippen LogP contribution in [0.4, 0.5) is 0 Å². The van der Waals surface area contributed by atoms with E-state index in [4.69, 9.17) is 0 Å². The fourth-order valence-corrected chi connectivity index (χ4v) is 3.37. The average Bonchev–Trinajstić information content (AvgIpc) is 3.26. The second-order valence-electron chi connectivity index (χ2n) is 6.70. The molecule has 0 radical (unpaired) electrons. The van der Waals surface area contributed by atoms with Crippen LogP contribution in [0.25, 0.3) is 5.69 Å². The lowest BCUT2D eigenvalue weighted by molar-refractivity contribution is -0.139. The summed E-state index contributed by atoms with van der Waals surface area (Å²) in [5.41, 5.74) is 1.99. The van der Waals surface area contributed by atoms with E-state index in [9.17, 15) is 9.59 Å². The largest absolute Gasteiger partial charge is 0.350 e. The Morgan fingerprint density at radius 3 is 2.76 bits per heavy atom. The van der Waals surface area contributed by atoms with Gasteiger partial charge in [0.05, 0.1) is 12.0 Å². The summed E-state index contributed by atoms with van der Waals surface area (Å²) < 4.78 is 1.92. The first-order valence-corrected chi connectivity index (χ1v) is 8.71. The highest BCUT2D eigenvalue weighted by molar-refractivity contribution is 5.88. The maximum Gasteiger partial charge on any atom is 0.243 e. The van der Waals surface area contributed by atoms with Gasteiger partial charge in [0, 0.05) is 31.9 Å². The second kappa shape index (κ2) is 7.51. The zero-order chi connectivity index (χ0) is 17.8. The zero-order valence-corrected chi connectivity index (χ0v) is 14.7. The summed E-state index contributed by atoms with van der Waals surface area (Å²) in [6, 6.07) is 7.48. The Morgan fingerprint density at radius 2 is 2.12 bits per heavy atom. The van der Waals surface area contributed by atoms with E-state index >= 15 is 0 Å². The summed E-state index contributed by atoms with van der Waals surface area (Å²) in [5, 5.41) is 3.01. The number of para-hydroxylation sites is 1. The molecule has 0 bridgehead atoms. The lowest BCUT2D eigenvalue weighted by atomic mass is 10.0. The maximum atomic E-state index is 12.8. The van der Waals surface area contributed by atoms with Crippen molar-refractivity contribution in [2.24, 2.45) is 5.92 Å². The van der Waals surface area contributed by atoms with Crippen LogP contribution in [0.1, 0.15) is 32.3 Å². The fraction of sp³-hybridized carbons (Fsp3) is 0.421. The van der Waals surface area contributed by atoms with Crippen LogP contribution in [-0.4, -0.2) is 38.9 Å². The van der Waals surface area contributed by atoms with Crippen molar-refractivity contribution in [1.82, 2.24) is 19.8 Å². The topological polar surface area (TPSA) is 67.2 Å².